The lowest BCUT2D eigenvalue weighted by atomic mass is 9.84. The normalized spacial score (nSPS) is 16.1. The second kappa shape index (κ2) is 10.7. The van der Waals surface area contributed by atoms with Crippen LogP contribution in [0, 0.1) is 0 Å². The highest BCUT2D eigenvalue weighted by molar-refractivity contribution is 7.80. The molecule has 7 nitrogen and oxygen atoms in total. The van der Waals surface area contributed by atoms with Crippen LogP contribution in [-0.2, 0) is 12.8 Å². The first-order valence-electron chi connectivity index (χ1n) is 12.0. The van der Waals surface area contributed by atoms with Gasteiger partial charge >= 0.3 is 6.36 Å². The molecule has 194 valence electrons. The lowest BCUT2D eigenvalue weighted by Crippen LogP contribution is -2.17. The van der Waals surface area contributed by atoms with Crippen LogP contribution in [-0.4, -0.2) is 26.5 Å². The van der Waals surface area contributed by atoms with Gasteiger partial charge in [-0.25, -0.2) is 4.68 Å². The van der Waals surface area contributed by atoms with Crippen LogP contribution in [0.1, 0.15) is 36.7 Å². The molecule has 11 heteroatoms. The van der Waals surface area contributed by atoms with Gasteiger partial charge in [0.15, 0.2) is 0 Å². The Kier molecular flexibility index (Phi) is 7.19. The van der Waals surface area contributed by atoms with E-state index in [1.165, 1.54) is 29.8 Å². The third-order valence-corrected chi connectivity index (χ3v) is 6.45. The van der Waals surface area contributed by atoms with Crippen molar-refractivity contribution < 1.29 is 17.9 Å². The second-order valence-electron chi connectivity index (χ2n) is 8.73. The van der Waals surface area contributed by atoms with E-state index in [1.54, 1.807) is 10.9 Å². The molecule has 38 heavy (non-hydrogen) atoms. The van der Waals surface area contributed by atoms with E-state index in [1.807, 2.05) is 36.4 Å². The maximum atomic E-state index is 12.5. The number of aryl methyl sites for hydroxylation is 1. The number of rotatable bonds is 5. The van der Waals surface area contributed by atoms with Crippen LogP contribution in [0.5, 0.6) is 5.75 Å². The molecule has 0 atom stereocenters. The zero-order valence-corrected chi connectivity index (χ0v) is 21.2. The highest BCUT2D eigenvalue weighted by Gasteiger charge is 2.31. The van der Waals surface area contributed by atoms with Gasteiger partial charge in [0.05, 0.1) is 17.6 Å². The summed E-state index contributed by atoms with van der Waals surface area (Å²) in [5.41, 5.74) is 7.61. The van der Waals surface area contributed by atoms with Crippen molar-refractivity contribution >= 4 is 28.6 Å². The van der Waals surface area contributed by atoms with Crippen LogP contribution in [0.15, 0.2) is 88.3 Å². The number of azo groups is 1. The molecular formula is C27H23F3N6OS. The number of nitrogens with zero attached hydrogens (tertiary/aromatic N) is 5. The standard InChI is InChI=1S/C27H23F3N6OS/c1-2-18-5-3-4-6-23(18)32-26(38)34-31-16-17-7-13-22-19(15-17)8-14-24-25(22)33-35-36(24)20-9-11-21(12-10-20)37-27(28,29)30/h3-7,9-13,16H,2,8,14-15H2,1H3,(H,32,38)/b17-16+,34-31?. The summed E-state index contributed by atoms with van der Waals surface area (Å²) < 4.78 is 43.0. The van der Waals surface area contributed by atoms with Gasteiger partial charge in [-0.05, 0) is 79.4 Å². The van der Waals surface area contributed by atoms with Gasteiger partial charge in [-0.2, -0.15) is 5.11 Å². The molecule has 2 aromatic carbocycles. The molecule has 0 amide bonds. The Morgan fingerprint density at radius 2 is 1.92 bits per heavy atom. The average molecular weight is 537 g/mol. The highest BCUT2D eigenvalue weighted by Crippen LogP contribution is 2.38. The minimum absolute atomic E-state index is 0.283. The first kappa shape index (κ1) is 25.5. The number of anilines is 1. The Hall–Kier alpha value is -4.12. The minimum Gasteiger partial charge on any atom is -0.406 e. The number of ether oxygens (including phenoxy) is 1. The molecule has 0 radical (unpaired) electrons. The first-order chi connectivity index (χ1) is 18.3. The number of benzene rings is 2. The van der Waals surface area contributed by atoms with E-state index in [0.717, 1.165) is 46.6 Å². The fraction of sp³-hybridized carbons (Fsp3) is 0.222. The van der Waals surface area contributed by atoms with Crippen molar-refractivity contribution in [2.75, 3.05) is 5.32 Å². The lowest BCUT2D eigenvalue weighted by Gasteiger charge is -2.22. The number of allylic oxidation sites excluding steroid dienone is 5. The van der Waals surface area contributed by atoms with Crippen LogP contribution in [0.25, 0.3) is 11.3 Å². The molecule has 0 saturated carbocycles. The number of hydrogen-bond acceptors (Lipinski definition) is 5. The monoisotopic (exact) mass is 536 g/mol. The van der Waals surface area contributed by atoms with E-state index in [2.05, 4.69) is 37.5 Å². The summed E-state index contributed by atoms with van der Waals surface area (Å²) in [6.45, 7) is 2.08. The fourth-order valence-corrected chi connectivity index (χ4v) is 4.67. The molecule has 2 aliphatic carbocycles. The molecule has 0 fully saturated rings. The molecule has 0 saturated heterocycles. The quantitative estimate of drug-likeness (QED) is 0.278. The molecule has 0 bridgehead atoms. The number of aromatic nitrogens is 3. The predicted molar refractivity (Wildman–Crippen MR) is 142 cm³/mol. The summed E-state index contributed by atoms with van der Waals surface area (Å²) in [6, 6.07) is 13.5. The number of fused-ring (bicyclic) bond motifs is 2. The van der Waals surface area contributed by atoms with Gasteiger partial charge in [0.1, 0.15) is 11.4 Å². The van der Waals surface area contributed by atoms with Crippen molar-refractivity contribution in [2.24, 2.45) is 10.2 Å². The zero-order valence-electron chi connectivity index (χ0n) is 20.4. The molecule has 0 aliphatic heterocycles. The summed E-state index contributed by atoms with van der Waals surface area (Å²) in [5, 5.41) is 20.3. The van der Waals surface area contributed by atoms with E-state index in [9.17, 15) is 13.2 Å². The van der Waals surface area contributed by atoms with Crippen LogP contribution < -0.4 is 10.1 Å². The van der Waals surface area contributed by atoms with Crippen molar-refractivity contribution in [2.45, 2.75) is 39.0 Å². The summed E-state index contributed by atoms with van der Waals surface area (Å²) in [4.78, 5) is 0. The Labute approximate surface area is 222 Å². The molecule has 1 N–H and O–H groups in total. The first-order valence-corrected chi connectivity index (χ1v) is 12.4. The number of halogens is 3. The van der Waals surface area contributed by atoms with Crippen molar-refractivity contribution in [1.29, 1.82) is 0 Å². The largest absolute Gasteiger partial charge is 0.573 e. The summed E-state index contributed by atoms with van der Waals surface area (Å²) in [6.07, 6.45) is 4.03. The van der Waals surface area contributed by atoms with Gasteiger partial charge in [0, 0.05) is 11.3 Å². The predicted octanol–water partition coefficient (Wildman–Crippen LogP) is 7.12. The second-order valence-corrected chi connectivity index (χ2v) is 9.11. The molecule has 0 spiro atoms. The van der Waals surface area contributed by atoms with Crippen molar-refractivity contribution in [3.05, 3.63) is 95.0 Å². The van der Waals surface area contributed by atoms with Crippen LogP contribution >= 0.6 is 12.2 Å². The Morgan fingerprint density at radius 1 is 1.13 bits per heavy atom. The van der Waals surface area contributed by atoms with Crippen LogP contribution in [0.2, 0.25) is 0 Å². The van der Waals surface area contributed by atoms with Gasteiger partial charge in [0.2, 0.25) is 5.11 Å². The lowest BCUT2D eigenvalue weighted by molar-refractivity contribution is -0.274. The van der Waals surface area contributed by atoms with Crippen LogP contribution in [0.3, 0.4) is 0 Å². The van der Waals surface area contributed by atoms with E-state index in [0.29, 0.717) is 23.6 Å². The average Bonchev–Trinajstić information content (AvgIpc) is 3.33. The topological polar surface area (TPSA) is 76.7 Å². The van der Waals surface area contributed by atoms with Crippen LogP contribution in [0.4, 0.5) is 18.9 Å². The van der Waals surface area contributed by atoms with Gasteiger partial charge in [-0.15, -0.1) is 23.4 Å². The summed E-state index contributed by atoms with van der Waals surface area (Å²) in [5.74, 6) is -0.283. The Morgan fingerprint density at radius 3 is 2.68 bits per heavy atom. The van der Waals surface area contributed by atoms with Crippen molar-refractivity contribution in [3.8, 4) is 11.4 Å². The molecule has 5 rings (SSSR count). The summed E-state index contributed by atoms with van der Waals surface area (Å²) >= 11 is 5.32. The molecule has 1 aromatic heterocycles. The molecular weight excluding hydrogens is 513 g/mol. The van der Waals surface area contributed by atoms with E-state index < -0.39 is 6.36 Å². The maximum Gasteiger partial charge on any atom is 0.573 e. The minimum atomic E-state index is -4.73. The maximum absolute atomic E-state index is 12.5. The number of alkyl halides is 3. The van der Waals surface area contributed by atoms with Crippen molar-refractivity contribution in [3.63, 3.8) is 0 Å². The highest BCUT2D eigenvalue weighted by atomic mass is 32.1. The van der Waals surface area contributed by atoms with Crippen molar-refractivity contribution in [1.82, 2.24) is 15.0 Å². The number of nitrogens with one attached hydrogen (secondary N) is 1. The van der Waals surface area contributed by atoms with Gasteiger partial charge < -0.3 is 10.1 Å². The summed E-state index contributed by atoms with van der Waals surface area (Å²) in [7, 11) is 0. The Balaban J connectivity index is 1.26. The van der Waals surface area contributed by atoms with Gasteiger partial charge in [-0.3, -0.25) is 0 Å². The molecule has 2 aliphatic rings. The molecule has 1 heterocycles. The smallest absolute Gasteiger partial charge is 0.406 e. The van der Waals surface area contributed by atoms with E-state index in [4.69, 9.17) is 12.2 Å². The number of hydrogen-bond donors (Lipinski definition) is 1. The van der Waals surface area contributed by atoms with E-state index >= 15 is 0 Å². The SMILES string of the molecule is CCc1ccccc1NC(=S)N=N/C=C1\C=CC2=C(CCc3c2nnn3-c2ccc(OC(F)(F)F)cc2)C1. The van der Waals surface area contributed by atoms with Gasteiger partial charge in [-0.1, -0.05) is 48.1 Å². The fourth-order valence-electron chi connectivity index (χ4n) is 4.51. The Bertz CT molecular complexity index is 1490. The van der Waals surface area contributed by atoms with Gasteiger partial charge in [0.25, 0.3) is 0 Å². The third kappa shape index (κ3) is 5.72. The zero-order chi connectivity index (χ0) is 26.7. The third-order valence-electron chi connectivity index (χ3n) is 6.27. The number of thiocarbonyl (C=S) groups is 1. The molecule has 0 unspecified atom stereocenters. The number of para-hydroxylation sites is 1. The molecule has 3 aromatic rings. The van der Waals surface area contributed by atoms with E-state index in [-0.39, 0.29) is 5.75 Å².